The molecule has 0 aliphatic heterocycles. The molecule has 0 atom stereocenters. The van der Waals surface area contributed by atoms with E-state index in [-0.39, 0.29) is 0 Å². The zero-order valence-electron chi connectivity index (χ0n) is 10.2. The average Bonchev–Trinajstić information content (AvgIpc) is 2.39. The normalized spacial score (nSPS) is 11.4. The maximum absolute atomic E-state index is 6.19. The lowest BCUT2D eigenvalue weighted by Gasteiger charge is -2.11. The van der Waals surface area contributed by atoms with Crippen molar-refractivity contribution in [1.82, 2.24) is 10.5 Å². The number of hydroxylamine groups is 1. The van der Waals surface area contributed by atoms with Gasteiger partial charge in [0.25, 0.3) is 0 Å². The van der Waals surface area contributed by atoms with Gasteiger partial charge < -0.3 is 0 Å². The maximum Gasteiger partial charge on any atom is 0.0698 e. The number of benzene rings is 1. The minimum absolute atomic E-state index is 0.548. The van der Waals surface area contributed by atoms with Gasteiger partial charge in [0.05, 0.1) is 17.8 Å². The van der Waals surface area contributed by atoms with E-state index < -0.39 is 0 Å². The lowest BCUT2D eigenvalue weighted by Crippen LogP contribution is -2.10. The van der Waals surface area contributed by atoms with Crippen molar-refractivity contribution in [2.75, 3.05) is 7.11 Å². The molecule has 1 aromatic heterocycles. The summed E-state index contributed by atoms with van der Waals surface area (Å²) < 4.78 is 0. The van der Waals surface area contributed by atoms with Gasteiger partial charge in [-0.1, -0.05) is 29.3 Å². The fourth-order valence-electron chi connectivity index (χ4n) is 1.61. The minimum atomic E-state index is 0.548. The third-order valence-corrected chi connectivity index (χ3v) is 2.98. The number of rotatable bonds is 4. The highest BCUT2D eigenvalue weighted by Gasteiger charge is 2.07. The number of hydrogen-bond donors (Lipinski definition) is 1. The van der Waals surface area contributed by atoms with Gasteiger partial charge >= 0.3 is 0 Å². The van der Waals surface area contributed by atoms with Crippen molar-refractivity contribution >= 4 is 35.0 Å². The van der Waals surface area contributed by atoms with Crippen LogP contribution in [-0.2, 0) is 4.84 Å². The summed E-state index contributed by atoms with van der Waals surface area (Å²) in [6.45, 7) is 0. The third kappa shape index (κ3) is 3.70. The summed E-state index contributed by atoms with van der Waals surface area (Å²) in [6.07, 6.45) is 5.36. The van der Waals surface area contributed by atoms with E-state index in [4.69, 9.17) is 28.0 Å². The molecule has 0 bridgehead atoms. The Morgan fingerprint density at radius 3 is 2.79 bits per heavy atom. The van der Waals surface area contributed by atoms with Crippen molar-refractivity contribution in [2.45, 2.75) is 0 Å². The van der Waals surface area contributed by atoms with Gasteiger partial charge in [-0.25, -0.2) is 0 Å². The van der Waals surface area contributed by atoms with Gasteiger partial charge in [0.15, 0.2) is 0 Å². The van der Waals surface area contributed by atoms with Gasteiger partial charge in [0, 0.05) is 23.0 Å². The Morgan fingerprint density at radius 2 is 2.16 bits per heavy atom. The predicted octanol–water partition coefficient (Wildman–Crippen LogP) is 4.04. The quantitative estimate of drug-likeness (QED) is 0.864. The number of hydrogen-bond acceptors (Lipinski definition) is 3. The molecule has 0 saturated heterocycles. The number of aromatic nitrogens is 1. The summed E-state index contributed by atoms with van der Waals surface area (Å²) in [7, 11) is 1.54. The fraction of sp³-hybridized carbons (Fsp3) is 0.0714. The molecule has 2 rings (SSSR count). The van der Waals surface area contributed by atoms with Crippen LogP contribution < -0.4 is 5.48 Å². The molecular formula is C14H12Cl2N2O. The van der Waals surface area contributed by atoms with Crippen LogP contribution in [0.1, 0.15) is 11.1 Å². The zero-order chi connectivity index (χ0) is 13.7. The average molecular weight is 295 g/mol. The second kappa shape index (κ2) is 6.57. The molecular weight excluding hydrogens is 283 g/mol. The summed E-state index contributed by atoms with van der Waals surface area (Å²) in [5, 5.41) is 1.14. The van der Waals surface area contributed by atoms with Crippen molar-refractivity contribution in [3.63, 3.8) is 0 Å². The van der Waals surface area contributed by atoms with Crippen LogP contribution in [0.3, 0.4) is 0 Å². The Labute approximate surface area is 121 Å². The minimum Gasteiger partial charge on any atom is -0.279 e. The van der Waals surface area contributed by atoms with Crippen LogP contribution in [0.2, 0.25) is 10.0 Å². The van der Waals surface area contributed by atoms with E-state index in [9.17, 15) is 0 Å². The predicted molar refractivity (Wildman–Crippen MR) is 78.7 cm³/mol. The topological polar surface area (TPSA) is 34.1 Å². The van der Waals surface area contributed by atoms with Gasteiger partial charge in [0.1, 0.15) is 0 Å². The van der Waals surface area contributed by atoms with Crippen LogP contribution in [0.5, 0.6) is 0 Å². The highest BCUT2D eigenvalue weighted by Crippen LogP contribution is 2.27. The van der Waals surface area contributed by atoms with Gasteiger partial charge in [0.2, 0.25) is 0 Å². The Balaban J connectivity index is 2.42. The molecule has 0 saturated carbocycles. The second-order valence-electron chi connectivity index (χ2n) is 3.77. The van der Waals surface area contributed by atoms with Crippen LogP contribution >= 0.6 is 23.2 Å². The van der Waals surface area contributed by atoms with E-state index in [1.165, 1.54) is 0 Å². The van der Waals surface area contributed by atoms with E-state index in [1.54, 1.807) is 31.6 Å². The first-order valence-electron chi connectivity index (χ1n) is 5.57. The van der Waals surface area contributed by atoms with Gasteiger partial charge in [-0.05, 0) is 35.9 Å². The van der Waals surface area contributed by atoms with E-state index in [2.05, 4.69) is 10.5 Å². The molecule has 1 heterocycles. The van der Waals surface area contributed by atoms with E-state index in [1.807, 2.05) is 24.3 Å². The standard InChI is InChI=1S/C14H12Cl2N2O/c1-19-18-14(7-10-3-2-6-17-9-10)12-5-4-11(15)8-13(12)16/h2-9,18H,1H3. The van der Waals surface area contributed by atoms with Gasteiger partial charge in [-0.15, -0.1) is 0 Å². The van der Waals surface area contributed by atoms with Crippen molar-refractivity contribution in [1.29, 1.82) is 0 Å². The molecule has 0 fully saturated rings. The van der Waals surface area contributed by atoms with E-state index in [0.717, 1.165) is 16.8 Å². The highest BCUT2D eigenvalue weighted by molar-refractivity contribution is 6.35. The Morgan fingerprint density at radius 1 is 1.32 bits per heavy atom. The number of nitrogens with one attached hydrogen (secondary N) is 1. The second-order valence-corrected chi connectivity index (χ2v) is 4.62. The smallest absolute Gasteiger partial charge is 0.0698 e. The van der Waals surface area contributed by atoms with Crippen LogP contribution in [0, 0.1) is 0 Å². The summed E-state index contributed by atoms with van der Waals surface area (Å²) in [5.41, 5.74) is 5.29. The Kier molecular flexibility index (Phi) is 4.80. The van der Waals surface area contributed by atoms with Crippen LogP contribution in [-0.4, -0.2) is 12.1 Å². The van der Waals surface area contributed by atoms with Crippen molar-refractivity contribution in [2.24, 2.45) is 0 Å². The van der Waals surface area contributed by atoms with Crippen LogP contribution in [0.4, 0.5) is 0 Å². The van der Waals surface area contributed by atoms with Gasteiger partial charge in [-0.3, -0.25) is 15.3 Å². The first-order valence-corrected chi connectivity index (χ1v) is 6.32. The molecule has 5 heteroatoms. The molecule has 1 N–H and O–H groups in total. The monoisotopic (exact) mass is 294 g/mol. The maximum atomic E-state index is 6.19. The molecule has 0 aliphatic carbocycles. The zero-order valence-corrected chi connectivity index (χ0v) is 11.7. The molecule has 0 amide bonds. The number of halogens is 2. The fourth-order valence-corrected chi connectivity index (χ4v) is 2.12. The van der Waals surface area contributed by atoms with E-state index in [0.29, 0.717) is 10.0 Å². The summed E-state index contributed by atoms with van der Waals surface area (Å²) in [6, 6.07) is 9.09. The van der Waals surface area contributed by atoms with E-state index >= 15 is 0 Å². The number of nitrogens with zero attached hydrogens (tertiary/aromatic N) is 1. The summed E-state index contributed by atoms with van der Waals surface area (Å²) >= 11 is 12.1. The molecule has 0 unspecified atom stereocenters. The SMILES string of the molecule is CONC(=Cc1cccnc1)c1ccc(Cl)cc1Cl. The summed E-state index contributed by atoms with van der Waals surface area (Å²) in [5.74, 6) is 0. The Bertz CT molecular complexity index is 585. The summed E-state index contributed by atoms with van der Waals surface area (Å²) in [4.78, 5) is 9.05. The molecule has 19 heavy (non-hydrogen) atoms. The van der Waals surface area contributed by atoms with Crippen LogP contribution in [0.25, 0.3) is 11.8 Å². The molecule has 0 aliphatic rings. The molecule has 1 aromatic carbocycles. The molecule has 0 spiro atoms. The highest BCUT2D eigenvalue weighted by atomic mass is 35.5. The molecule has 3 nitrogen and oxygen atoms in total. The lowest BCUT2D eigenvalue weighted by atomic mass is 10.1. The van der Waals surface area contributed by atoms with Crippen molar-refractivity contribution in [3.8, 4) is 0 Å². The molecule has 0 radical (unpaired) electrons. The third-order valence-electron chi connectivity index (χ3n) is 2.43. The number of pyridine rings is 1. The Hall–Kier alpha value is -1.55. The van der Waals surface area contributed by atoms with Crippen molar-refractivity contribution in [3.05, 3.63) is 63.9 Å². The lowest BCUT2D eigenvalue weighted by molar-refractivity contribution is 0.137. The van der Waals surface area contributed by atoms with Crippen molar-refractivity contribution < 1.29 is 4.84 Å². The van der Waals surface area contributed by atoms with Crippen LogP contribution in [0.15, 0.2) is 42.7 Å². The molecule has 2 aromatic rings. The first-order chi connectivity index (χ1) is 9.20. The molecule has 98 valence electrons. The van der Waals surface area contributed by atoms with Gasteiger partial charge in [-0.2, -0.15) is 0 Å². The first kappa shape index (κ1) is 13.9. The largest absolute Gasteiger partial charge is 0.279 e.